The summed E-state index contributed by atoms with van der Waals surface area (Å²) in [4.78, 5) is 12.3. The van der Waals surface area contributed by atoms with Gasteiger partial charge < -0.3 is 4.74 Å². The van der Waals surface area contributed by atoms with Crippen molar-refractivity contribution in [1.82, 2.24) is 4.98 Å². The van der Waals surface area contributed by atoms with Crippen molar-refractivity contribution in [2.75, 3.05) is 0 Å². The van der Waals surface area contributed by atoms with E-state index in [1.165, 1.54) is 6.07 Å². The predicted molar refractivity (Wildman–Crippen MR) is 33.7 cm³/mol. The van der Waals surface area contributed by atoms with Crippen LogP contribution in [0, 0.1) is 0 Å². The number of rotatable bonds is 1. The van der Waals surface area contributed by atoms with E-state index in [2.05, 4.69) is 4.74 Å². The zero-order chi connectivity index (χ0) is 9.19. The molecule has 0 bridgehead atoms. The quantitative estimate of drug-likeness (QED) is 0.705. The zero-order valence-corrected chi connectivity index (χ0v) is 5.68. The van der Waals surface area contributed by atoms with Crippen LogP contribution in [0.2, 0.25) is 0 Å². The molecule has 6 heteroatoms. The Kier molecular flexibility index (Phi) is 2.07. The first-order chi connectivity index (χ1) is 5.47. The highest BCUT2D eigenvalue weighted by Gasteiger charge is 2.31. The Hall–Kier alpha value is -1.46. The SMILES string of the molecule is O=c1cccc(OC(F)(F)F)[nH]1. The largest absolute Gasteiger partial charge is 0.574 e. The molecule has 1 aromatic rings. The molecule has 66 valence electrons. The maximum atomic E-state index is 11.5. The summed E-state index contributed by atoms with van der Waals surface area (Å²) in [5.74, 6) is -0.616. The summed E-state index contributed by atoms with van der Waals surface area (Å²) in [7, 11) is 0. The Labute approximate surface area is 64.8 Å². The van der Waals surface area contributed by atoms with E-state index in [1.54, 1.807) is 0 Å². The van der Waals surface area contributed by atoms with Crippen molar-refractivity contribution >= 4 is 0 Å². The molecule has 0 aromatic carbocycles. The smallest absolute Gasteiger partial charge is 0.390 e. The summed E-state index contributed by atoms with van der Waals surface area (Å²) in [6.07, 6.45) is -4.77. The van der Waals surface area contributed by atoms with Crippen LogP contribution in [0.4, 0.5) is 13.2 Å². The second-order valence-electron chi connectivity index (χ2n) is 1.93. The summed E-state index contributed by atoms with van der Waals surface area (Å²) in [6.45, 7) is 0. The fraction of sp³-hybridized carbons (Fsp3) is 0.167. The predicted octanol–water partition coefficient (Wildman–Crippen LogP) is 1.27. The van der Waals surface area contributed by atoms with Crippen LogP contribution in [0.1, 0.15) is 0 Å². The van der Waals surface area contributed by atoms with Crippen molar-refractivity contribution in [3.05, 3.63) is 28.6 Å². The minimum Gasteiger partial charge on any atom is -0.390 e. The highest BCUT2D eigenvalue weighted by Crippen LogP contribution is 2.18. The zero-order valence-electron chi connectivity index (χ0n) is 5.68. The summed E-state index contributed by atoms with van der Waals surface area (Å²) >= 11 is 0. The number of pyridine rings is 1. The number of nitrogens with one attached hydrogen (secondary N) is 1. The van der Waals surface area contributed by atoms with E-state index in [9.17, 15) is 18.0 Å². The molecule has 1 rings (SSSR count). The molecule has 0 saturated carbocycles. The molecular weight excluding hydrogens is 175 g/mol. The number of halogens is 3. The van der Waals surface area contributed by atoms with Crippen molar-refractivity contribution < 1.29 is 17.9 Å². The van der Waals surface area contributed by atoms with Crippen LogP contribution >= 0.6 is 0 Å². The maximum Gasteiger partial charge on any atom is 0.574 e. The van der Waals surface area contributed by atoms with Gasteiger partial charge in [0, 0.05) is 6.07 Å². The molecule has 0 aliphatic rings. The van der Waals surface area contributed by atoms with Crippen molar-refractivity contribution in [2.24, 2.45) is 0 Å². The fourth-order valence-corrected chi connectivity index (χ4v) is 0.612. The van der Waals surface area contributed by atoms with Crippen LogP contribution in [0.3, 0.4) is 0 Å². The van der Waals surface area contributed by atoms with Gasteiger partial charge in [-0.3, -0.25) is 9.78 Å². The molecule has 1 aromatic heterocycles. The lowest BCUT2D eigenvalue weighted by Gasteiger charge is -2.06. The van der Waals surface area contributed by atoms with Crippen LogP contribution in [-0.4, -0.2) is 11.3 Å². The van der Waals surface area contributed by atoms with Crippen LogP contribution in [0.25, 0.3) is 0 Å². The highest BCUT2D eigenvalue weighted by atomic mass is 19.4. The summed E-state index contributed by atoms with van der Waals surface area (Å²) in [5.41, 5.74) is -0.642. The number of hydrogen-bond donors (Lipinski definition) is 1. The number of alkyl halides is 3. The molecule has 0 atom stereocenters. The van der Waals surface area contributed by atoms with E-state index in [4.69, 9.17) is 0 Å². The molecule has 0 aliphatic heterocycles. The molecule has 0 radical (unpaired) electrons. The molecule has 0 unspecified atom stereocenters. The van der Waals surface area contributed by atoms with Gasteiger partial charge >= 0.3 is 6.36 Å². The lowest BCUT2D eigenvalue weighted by atomic mass is 10.5. The molecule has 0 amide bonds. The van der Waals surface area contributed by atoms with Crippen LogP contribution in [0.15, 0.2) is 23.0 Å². The third-order valence-electron chi connectivity index (χ3n) is 0.967. The number of aromatic nitrogens is 1. The van der Waals surface area contributed by atoms with E-state index < -0.39 is 17.8 Å². The van der Waals surface area contributed by atoms with E-state index in [1.807, 2.05) is 4.98 Å². The summed E-state index contributed by atoms with van der Waals surface area (Å²) in [6, 6.07) is 3.26. The molecule has 0 spiro atoms. The minimum absolute atomic E-state index is 0.616. The normalized spacial score (nSPS) is 11.2. The van der Waals surface area contributed by atoms with E-state index in [0.29, 0.717) is 0 Å². The molecule has 1 heterocycles. The second kappa shape index (κ2) is 2.88. The number of H-pyrrole nitrogens is 1. The third-order valence-corrected chi connectivity index (χ3v) is 0.967. The fourth-order valence-electron chi connectivity index (χ4n) is 0.612. The van der Waals surface area contributed by atoms with Crippen molar-refractivity contribution in [3.63, 3.8) is 0 Å². The van der Waals surface area contributed by atoms with Crippen molar-refractivity contribution in [1.29, 1.82) is 0 Å². The standard InChI is InChI=1S/C6H4F3NO2/c7-6(8,9)12-5-3-1-2-4(11)10-5/h1-3H,(H,10,11). The first-order valence-corrected chi connectivity index (χ1v) is 2.92. The number of hydrogen-bond acceptors (Lipinski definition) is 2. The molecule has 0 fully saturated rings. The van der Waals surface area contributed by atoms with E-state index >= 15 is 0 Å². The molecule has 12 heavy (non-hydrogen) atoms. The van der Waals surface area contributed by atoms with Gasteiger partial charge in [0.1, 0.15) is 0 Å². The number of ether oxygens (including phenoxy) is 1. The molecule has 0 aliphatic carbocycles. The Morgan fingerprint density at radius 1 is 1.33 bits per heavy atom. The van der Waals surface area contributed by atoms with E-state index in [-0.39, 0.29) is 0 Å². The molecular formula is C6H4F3NO2. The van der Waals surface area contributed by atoms with Crippen LogP contribution < -0.4 is 10.3 Å². The molecule has 0 saturated heterocycles. The van der Waals surface area contributed by atoms with Gasteiger partial charge in [-0.15, -0.1) is 13.2 Å². The van der Waals surface area contributed by atoms with Gasteiger partial charge in [0.25, 0.3) is 5.56 Å². The summed E-state index contributed by atoms with van der Waals surface area (Å²) in [5, 5.41) is 0. The van der Waals surface area contributed by atoms with Gasteiger partial charge in [-0.05, 0) is 6.07 Å². The average molecular weight is 179 g/mol. The first-order valence-electron chi connectivity index (χ1n) is 2.92. The van der Waals surface area contributed by atoms with Gasteiger partial charge in [0.2, 0.25) is 5.88 Å². The van der Waals surface area contributed by atoms with E-state index in [0.717, 1.165) is 12.1 Å². The molecule has 1 N–H and O–H groups in total. The van der Waals surface area contributed by atoms with Crippen molar-refractivity contribution in [3.8, 4) is 5.88 Å². The monoisotopic (exact) mass is 179 g/mol. The minimum atomic E-state index is -4.77. The van der Waals surface area contributed by atoms with Gasteiger partial charge in [-0.1, -0.05) is 6.07 Å². The first kappa shape index (κ1) is 8.63. The number of aromatic amines is 1. The van der Waals surface area contributed by atoms with Crippen LogP contribution in [0.5, 0.6) is 5.88 Å². The Morgan fingerprint density at radius 2 is 2.00 bits per heavy atom. The third kappa shape index (κ3) is 2.65. The van der Waals surface area contributed by atoms with Gasteiger partial charge in [-0.25, -0.2) is 0 Å². The molecule has 3 nitrogen and oxygen atoms in total. The Bertz CT molecular complexity index is 317. The van der Waals surface area contributed by atoms with Gasteiger partial charge in [0.05, 0.1) is 0 Å². The average Bonchev–Trinajstić information content (AvgIpc) is 1.82. The Morgan fingerprint density at radius 3 is 2.50 bits per heavy atom. The van der Waals surface area contributed by atoms with Crippen molar-refractivity contribution in [2.45, 2.75) is 6.36 Å². The highest BCUT2D eigenvalue weighted by molar-refractivity contribution is 5.09. The lowest BCUT2D eigenvalue weighted by molar-refractivity contribution is -0.276. The maximum absolute atomic E-state index is 11.5. The second-order valence-corrected chi connectivity index (χ2v) is 1.93. The van der Waals surface area contributed by atoms with Crippen LogP contribution in [-0.2, 0) is 0 Å². The van der Waals surface area contributed by atoms with Gasteiger partial charge in [-0.2, -0.15) is 0 Å². The van der Waals surface area contributed by atoms with Gasteiger partial charge in [0.15, 0.2) is 0 Å². The topological polar surface area (TPSA) is 42.1 Å². The Balaban J connectivity index is 2.84. The lowest BCUT2D eigenvalue weighted by Crippen LogP contribution is -2.19. The summed E-state index contributed by atoms with van der Waals surface area (Å²) < 4.78 is 38.0.